The lowest BCUT2D eigenvalue weighted by Gasteiger charge is -2.50. The van der Waals surface area contributed by atoms with Gasteiger partial charge < -0.3 is 76.4 Å². The summed E-state index contributed by atoms with van der Waals surface area (Å²) >= 11 is 0. The third-order valence-electron chi connectivity index (χ3n) is 15.1. The first kappa shape index (κ1) is 66.8. The number of ether oxygens (including phenoxy) is 15. The molecular formula is C72H81NO17. The van der Waals surface area contributed by atoms with Crippen molar-refractivity contribution < 1.29 is 80.6 Å². The molecule has 18 nitrogen and oxygen atoms in total. The number of benzene rings is 7. The first-order valence-corrected chi connectivity index (χ1v) is 30.1. The average Bonchev–Trinajstić information content (AvgIpc) is 0.803. The Morgan fingerprint density at radius 1 is 0.533 bits per heavy atom. The van der Waals surface area contributed by atoms with E-state index in [9.17, 15) is 4.79 Å². The van der Waals surface area contributed by atoms with Gasteiger partial charge in [-0.25, -0.2) is 4.79 Å². The quantitative estimate of drug-likeness (QED) is 0.0168. The molecule has 2 aliphatic rings. The fourth-order valence-corrected chi connectivity index (χ4v) is 10.7. The van der Waals surface area contributed by atoms with E-state index >= 15 is 4.79 Å². The van der Waals surface area contributed by atoms with E-state index in [-0.39, 0.29) is 92.9 Å². The van der Waals surface area contributed by atoms with Crippen molar-refractivity contribution >= 4 is 11.9 Å². The maximum absolute atomic E-state index is 15.5. The molecule has 476 valence electrons. The Balaban J connectivity index is 1.12. The number of hydrogen-bond donors (Lipinski definition) is 1. The molecule has 1 saturated heterocycles. The summed E-state index contributed by atoms with van der Waals surface area (Å²) in [6.07, 6.45) is -6.06. The van der Waals surface area contributed by atoms with Gasteiger partial charge in [0.1, 0.15) is 69.2 Å². The van der Waals surface area contributed by atoms with Gasteiger partial charge in [0.05, 0.1) is 79.2 Å². The molecule has 0 saturated carbocycles. The number of esters is 1. The van der Waals surface area contributed by atoms with Crippen LogP contribution in [0.1, 0.15) is 53.1 Å². The molecule has 2 aliphatic heterocycles. The van der Waals surface area contributed by atoms with E-state index in [1.54, 1.807) is 37.5 Å². The first-order chi connectivity index (χ1) is 44.2. The van der Waals surface area contributed by atoms with Crippen LogP contribution in [-0.2, 0) is 111 Å². The Kier molecular flexibility index (Phi) is 26.9. The maximum Gasteiger partial charge on any atom is 0.338 e. The molecule has 9 rings (SSSR count). The van der Waals surface area contributed by atoms with Crippen LogP contribution in [0.25, 0.3) is 0 Å². The topological polar surface area (TPSA) is 185 Å². The first-order valence-electron chi connectivity index (χ1n) is 30.1. The second-order valence-corrected chi connectivity index (χ2v) is 21.7. The zero-order valence-electron chi connectivity index (χ0n) is 51.2. The summed E-state index contributed by atoms with van der Waals surface area (Å²) in [5.41, 5.74) is 4.09. The number of hydrogen-bond acceptors (Lipinski definition) is 17. The molecule has 90 heavy (non-hydrogen) atoms. The van der Waals surface area contributed by atoms with Crippen molar-refractivity contribution in [1.82, 2.24) is 5.32 Å². The second-order valence-electron chi connectivity index (χ2n) is 21.7. The smallest absolute Gasteiger partial charge is 0.338 e. The highest BCUT2D eigenvalue weighted by molar-refractivity contribution is 5.80. The van der Waals surface area contributed by atoms with Crippen LogP contribution in [0.4, 0.5) is 0 Å². The number of methoxy groups -OCH3 is 2. The molecule has 7 aromatic rings. The van der Waals surface area contributed by atoms with Crippen LogP contribution in [0.3, 0.4) is 0 Å². The van der Waals surface area contributed by atoms with Gasteiger partial charge in [-0.2, -0.15) is 0 Å². The third-order valence-corrected chi connectivity index (χ3v) is 15.1. The zero-order valence-corrected chi connectivity index (χ0v) is 51.2. The van der Waals surface area contributed by atoms with E-state index in [1.165, 1.54) is 14.0 Å². The van der Waals surface area contributed by atoms with Gasteiger partial charge >= 0.3 is 5.97 Å². The Bertz CT molecular complexity index is 3170. The average molecular weight is 1230 g/mol. The molecule has 1 amide bonds. The minimum atomic E-state index is -1.96. The highest BCUT2D eigenvalue weighted by Crippen LogP contribution is 2.43. The normalized spacial score (nSPS) is 20.5. The minimum Gasteiger partial charge on any atom is -0.497 e. The van der Waals surface area contributed by atoms with Crippen LogP contribution < -0.4 is 14.8 Å². The Morgan fingerprint density at radius 3 is 1.50 bits per heavy atom. The van der Waals surface area contributed by atoms with Crippen LogP contribution in [0.2, 0.25) is 0 Å². The molecule has 0 bridgehead atoms. The highest BCUT2D eigenvalue weighted by atomic mass is 16.7. The predicted molar refractivity (Wildman–Crippen MR) is 333 cm³/mol. The van der Waals surface area contributed by atoms with Crippen molar-refractivity contribution in [2.45, 2.75) is 114 Å². The predicted octanol–water partition coefficient (Wildman–Crippen LogP) is 11.0. The molecule has 9 atom stereocenters. The van der Waals surface area contributed by atoms with Gasteiger partial charge in [0.15, 0.2) is 5.60 Å². The molecule has 0 radical (unpaired) electrons. The van der Waals surface area contributed by atoms with E-state index in [0.29, 0.717) is 17.1 Å². The summed E-state index contributed by atoms with van der Waals surface area (Å²) in [6.45, 7) is 1.57. The summed E-state index contributed by atoms with van der Waals surface area (Å²) in [6, 6.07) is 64.3. The van der Waals surface area contributed by atoms with Crippen molar-refractivity contribution in [3.8, 4) is 11.5 Å². The lowest BCUT2D eigenvalue weighted by atomic mass is 9.78. The van der Waals surface area contributed by atoms with Crippen molar-refractivity contribution in [1.29, 1.82) is 0 Å². The van der Waals surface area contributed by atoms with Crippen LogP contribution in [-0.4, -0.2) is 121 Å². The molecule has 0 aliphatic carbocycles. The largest absolute Gasteiger partial charge is 0.497 e. The number of amides is 1. The lowest BCUT2D eigenvalue weighted by Crippen LogP contribution is -2.68. The molecule has 7 aromatic carbocycles. The molecule has 2 heterocycles. The van der Waals surface area contributed by atoms with Crippen molar-refractivity contribution in [2.24, 2.45) is 0 Å². The van der Waals surface area contributed by atoms with Gasteiger partial charge in [-0.1, -0.05) is 182 Å². The van der Waals surface area contributed by atoms with Crippen LogP contribution in [0, 0.1) is 0 Å². The second kappa shape index (κ2) is 36.3. The summed E-state index contributed by atoms with van der Waals surface area (Å²) < 4.78 is 97.2. The van der Waals surface area contributed by atoms with Crippen molar-refractivity contribution in [2.75, 3.05) is 54.6 Å². The number of rotatable bonds is 37. The van der Waals surface area contributed by atoms with E-state index < -0.39 is 66.4 Å². The van der Waals surface area contributed by atoms with Gasteiger partial charge in [-0.3, -0.25) is 4.79 Å². The summed E-state index contributed by atoms with van der Waals surface area (Å²) in [5, 5.41) is 3.13. The summed E-state index contributed by atoms with van der Waals surface area (Å²) in [7, 11) is 2.88. The van der Waals surface area contributed by atoms with E-state index in [1.807, 2.05) is 182 Å². The Morgan fingerprint density at radius 2 is 1.00 bits per heavy atom. The monoisotopic (exact) mass is 1230 g/mol. The minimum absolute atomic E-state index is 0.0390. The van der Waals surface area contributed by atoms with Crippen LogP contribution in [0.15, 0.2) is 218 Å². The fourth-order valence-electron chi connectivity index (χ4n) is 10.7. The molecule has 0 spiro atoms. The summed E-state index contributed by atoms with van der Waals surface area (Å²) in [5.74, 6) is -0.0816. The van der Waals surface area contributed by atoms with Crippen LogP contribution in [0.5, 0.6) is 11.5 Å². The van der Waals surface area contributed by atoms with Gasteiger partial charge in [-0.05, 0) is 69.3 Å². The third kappa shape index (κ3) is 21.0. The molecule has 0 aromatic heterocycles. The fraction of sp³-hybridized carbons (Fsp3) is 0.361. The van der Waals surface area contributed by atoms with Gasteiger partial charge in [-0.15, -0.1) is 0 Å². The number of carbonyl (C=O) groups excluding carboxylic acids is 2. The molecular weight excluding hydrogens is 1150 g/mol. The molecule has 1 fully saturated rings. The molecule has 1 N–H and O–H groups in total. The Labute approximate surface area is 527 Å². The lowest BCUT2D eigenvalue weighted by molar-refractivity contribution is -0.272. The highest BCUT2D eigenvalue weighted by Gasteiger charge is 2.58. The molecule has 0 unspecified atom stereocenters. The summed E-state index contributed by atoms with van der Waals surface area (Å²) in [4.78, 5) is 29.3. The standard InChI is InChI=1S/C72H81NO17/c1-53(74)73-67-63(85-50-80-43-56-26-14-6-15-27-56)40-72(71(75)77-3,39-60-38-66(88-62-36-34-61(76-2)35-37-62)89-65(48-78-41-54-22-10-4-11-23-54)68(60)84-46-59-32-20-9-21-33-59)90-70(67)69(87-52-82-45-58-30-18-8-19-31-58)64(86-51-81-44-57-28-16-7-17-29-57)47-83-49-79-42-55-24-12-5-13-25-55/h4-38,63-70H,39-52H2,1-3H3,(H,73,74)/t63-,64+,65+,66+,67+,68+,69-,70+,72+/m0/s1. The number of nitrogens with one attached hydrogen (secondary N) is 1. The van der Waals surface area contributed by atoms with Crippen molar-refractivity contribution in [3.63, 3.8) is 0 Å². The van der Waals surface area contributed by atoms with Gasteiger partial charge in [0, 0.05) is 19.8 Å². The van der Waals surface area contributed by atoms with Gasteiger partial charge in [0.2, 0.25) is 12.2 Å². The number of carbonyl (C=O) groups is 2. The van der Waals surface area contributed by atoms with E-state index in [0.717, 1.165) is 33.4 Å². The zero-order chi connectivity index (χ0) is 62.4. The maximum atomic E-state index is 15.5. The van der Waals surface area contributed by atoms with Crippen LogP contribution >= 0.6 is 0 Å². The van der Waals surface area contributed by atoms with E-state index in [4.69, 9.17) is 71.1 Å². The van der Waals surface area contributed by atoms with Crippen molar-refractivity contribution in [3.05, 3.63) is 251 Å². The van der Waals surface area contributed by atoms with Gasteiger partial charge in [0.25, 0.3) is 0 Å². The van der Waals surface area contributed by atoms with E-state index in [2.05, 4.69) is 5.32 Å². The Hall–Kier alpha value is -7.66. The molecule has 18 heteroatoms. The SMILES string of the molecule is COC(=O)[C@@]1(CC2=C[C@H](Oc3ccc(OC)cc3)O[C@H](COCc3ccccc3)[C@@H]2OCc2ccccc2)C[C@H](OCOCc2ccccc2)[C@@H](NC(C)=O)[C@H]([C@@H](OCOCc2ccccc2)[C@@H](COCOCc2ccccc2)OCOCc2ccccc2)O1.